The van der Waals surface area contributed by atoms with Gasteiger partial charge in [0, 0.05) is 5.56 Å². The van der Waals surface area contributed by atoms with Gasteiger partial charge >= 0.3 is 0 Å². The highest BCUT2D eigenvalue weighted by Gasteiger charge is 2.22. The fourth-order valence-corrected chi connectivity index (χ4v) is 3.74. The standard InChI is InChI=1S/C20H31NO/c1-2-3-4-5-6-7-16-8-10-17(11-9-16)18-12-14-19(15-13-18)20(21)22/h12-17H,2-11H2,1H3,(H2,21,22). The van der Waals surface area contributed by atoms with Crippen LogP contribution in [0, 0.1) is 5.92 Å². The van der Waals surface area contributed by atoms with Gasteiger partial charge in [0.05, 0.1) is 0 Å². The van der Waals surface area contributed by atoms with Crippen molar-refractivity contribution in [3.63, 3.8) is 0 Å². The summed E-state index contributed by atoms with van der Waals surface area (Å²) in [7, 11) is 0. The van der Waals surface area contributed by atoms with E-state index in [1.165, 1.54) is 69.8 Å². The lowest BCUT2D eigenvalue weighted by molar-refractivity contribution is 0.100. The third-order valence-corrected chi connectivity index (χ3v) is 5.23. The van der Waals surface area contributed by atoms with Crippen LogP contribution in [-0.4, -0.2) is 5.91 Å². The molecule has 2 heteroatoms. The SMILES string of the molecule is CCCCCCCC1CCC(c2ccc(C(N)=O)cc2)CC1. The lowest BCUT2D eigenvalue weighted by Gasteiger charge is -2.29. The molecule has 1 aliphatic carbocycles. The van der Waals surface area contributed by atoms with Crippen molar-refractivity contribution in [2.75, 3.05) is 0 Å². The van der Waals surface area contributed by atoms with Gasteiger partial charge in [-0.1, -0.05) is 57.6 Å². The molecular formula is C20H31NO. The smallest absolute Gasteiger partial charge is 0.248 e. The minimum Gasteiger partial charge on any atom is -0.366 e. The normalized spacial score (nSPS) is 21.7. The Bertz CT molecular complexity index is 443. The van der Waals surface area contributed by atoms with Gasteiger partial charge in [0.1, 0.15) is 0 Å². The summed E-state index contributed by atoms with van der Waals surface area (Å²) < 4.78 is 0. The van der Waals surface area contributed by atoms with Crippen LogP contribution in [0.4, 0.5) is 0 Å². The van der Waals surface area contributed by atoms with Crippen LogP contribution in [0.25, 0.3) is 0 Å². The van der Waals surface area contributed by atoms with Gasteiger partial charge in [-0.15, -0.1) is 0 Å². The molecule has 0 aromatic heterocycles. The van der Waals surface area contributed by atoms with Gasteiger partial charge < -0.3 is 5.73 Å². The van der Waals surface area contributed by atoms with Gasteiger partial charge in [-0.2, -0.15) is 0 Å². The highest BCUT2D eigenvalue weighted by atomic mass is 16.1. The largest absolute Gasteiger partial charge is 0.366 e. The maximum absolute atomic E-state index is 11.1. The van der Waals surface area contributed by atoms with Gasteiger partial charge in [0.2, 0.25) is 5.91 Å². The second-order valence-electron chi connectivity index (χ2n) is 6.91. The van der Waals surface area contributed by atoms with E-state index in [9.17, 15) is 4.79 Å². The summed E-state index contributed by atoms with van der Waals surface area (Å²) in [5, 5.41) is 0. The average Bonchev–Trinajstić information content (AvgIpc) is 2.55. The second kappa shape index (κ2) is 8.97. The highest BCUT2D eigenvalue weighted by Crippen LogP contribution is 2.37. The quantitative estimate of drug-likeness (QED) is 0.640. The molecule has 122 valence electrons. The molecule has 0 bridgehead atoms. The van der Waals surface area contributed by atoms with Crippen molar-refractivity contribution in [2.24, 2.45) is 11.7 Å². The molecule has 0 aliphatic heterocycles. The van der Waals surface area contributed by atoms with Crippen molar-refractivity contribution >= 4 is 5.91 Å². The first-order valence-corrected chi connectivity index (χ1v) is 9.10. The summed E-state index contributed by atoms with van der Waals surface area (Å²) in [6.45, 7) is 2.28. The van der Waals surface area contributed by atoms with E-state index in [0.717, 1.165) is 5.92 Å². The van der Waals surface area contributed by atoms with Crippen LogP contribution < -0.4 is 5.73 Å². The molecule has 0 atom stereocenters. The molecule has 0 saturated heterocycles. The number of carbonyl (C=O) groups excluding carboxylic acids is 1. The Morgan fingerprint density at radius 1 is 1.00 bits per heavy atom. The number of amides is 1. The topological polar surface area (TPSA) is 43.1 Å². The lowest BCUT2D eigenvalue weighted by Crippen LogP contribution is -2.14. The third-order valence-electron chi connectivity index (χ3n) is 5.23. The van der Waals surface area contributed by atoms with Gasteiger partial charge in [-0.25, -0.2) is 0 Å². The van der Waals surface area contributed by atoms with Crippen molar-refractivity contribution in [1.82, 2.24) is 0 Å². The maximum atomic E-state index is 11.1. The molecule has 0 radical (unpaired) electrons. The minimum atomic E-state index is -0.335. The molecule has 1 aliphatic rings. The number of hydrogen-bond donors (Lipinski definition) is 1. The van der Waals surface area contributed by atoms with Crippen molar-refractivity contribution in [3.8, 4) is 0 Å². The Hall–Kier alpha value is -1.31. The predicted molar refractivity (Wildman–Crippen MR) is 93.0 cm³/mol. The first kappa shape index (κ1) is 17.1. The van der Waals surface area contributed by atoms with E-state index in [2.05, 4.69) is 19.1 Å². The van der Waals surface area contributed by atoms with Crippen molar-refractivity contribution in [3.05, 3.63) is 35.4 Å². The van der Waals surface area contributed by atoms with E-state index in [1.54, 1.807) is 0 Å². The maximum Gasteiger partial charge on any atom is 0.248 e. The number of carbonyl (C=O) groups is 1. The molecule has 1 amide bonds. The van der Waals surface area contributed by atoms with E-state index < -0.39 is 0 Å². The Kier molecular flexibility index (Phi) is 6.95. The van der Waals surface area contributed by atoms with Crippen LogP contribution in [0.2, 0.25) is 0 Å². The molecule has 0 unspecified atom stereocenters. The van der Waals surface area contributed by atoms with Gasteiger partial charge in [0.25, 0.3) is 0 Å². The van der Waals surface area contributed by atoms with Crippen molar-refractivity contribution in [1.29, 1.82) is 0 Å². The number of nitrogens with two attached hydrogens (primary N) is 1. The second-order valence-corrected chi connectivity index (χ2v) is 6.91. The Morgan fingerprint density at radius 2 is 1.64 bits per heavy atom. The molecule has 2 N–H and O–H groups in total. The van der Waals surface area contributed by atoms with Crippen LogP contribution in [0.15, 0.2) is 24.3 Å². The third kappa shape index (κ3) is 5.15. The molecule has 1 aromatic carbocycles. The fourth-order valence-electron chi connectivity index (χ4n) is 3.74. The molecular weight excluding hydrogens is 270 g/mol. The molecule has 2 nitrogen and oxygen atoms in total. The van der Waals surface area contributed by atoms with Gasteiger partial charge in [-0.3, -0.25) is 4.79 Å². The summed E-state index contributed by atoms with van der Waals surface area (Å²) in [5.74, 6) is 1.29. The monoisotopic (exact) mass is 301 g/mol. The van der Waals surface area contributed by atoms with Crippen LogP contribution in [0.1, 0.15) is 93.0 Å². The lowest BCUT2D eigenvalue weighted by atomic mass is 9.77. The van der Waals surface area contributed by atoms with Crippen LogP contribution in [0.5, 0.6) is 0 Å². The predicted octanol–water partition coefficient (Wildman–Crippen LogP) is 5.42. The molecule has 22 heavy (non-hydrogen) atoms. The Labute approximate surface area is 135 Å². The number of rotatable bonds is 8. The molecule has 1 fully saturated rings. The average molecular weight is 301 g/mol. The zero-order valence-electron chi connectivity index (χ0n) is 14.0. The molecule has 0 spiro atoms. The first-order valence-electron chi connectivity index (χ1n) is 9.10. The highest BCUT2D eigenvalue weighted by molar-refractivity contribution is 5.92. The van der Waals surface area contributed by atoms with Gasteiger partial charge in [0.15, 0.2) is 0 Å². The summed E-state index contributed by atoms with van der Waals surface area (Å²) in [6, 6.07) is 7.93. The summed E-state index contributed by atoms with van der Waals surface area (Å²) in [6.07, 6.45) is 13.8. The van der Waals surface area contributed by atoms with E-state index in [0.29, 0.717) is 11.5 Å². The van der Waals surface area contributed by atoms with E-state index in [-0.39, 0.29) is 5.91 Å². The minimum absolute atomic E-state index is 0.335. The summed E-state index contributed by atoms with van der Waals surface area (Å²) in [4.78, 5) is 11.1. The molecule has 2 rings (SSSR count). The van der Waals surface area contributed by atoms with E-state index >= 15 is 0 Å². The first-order chi connectivity index (χ1) is 10.7. The van der Waals surface area contributed by atoms with Gasteiger partial charge in [-0.05, 0) is 55.2 Å². The van der Waals surface area contributed by atoms with E-state index in [4.69, 9.17) is 5.73 Å². The zero-order valence-corrected chi connectivity index (χ0v) is 14.0. The van der Waals surface area contributed by atoms with Crippen LogP contribution >= 0.6 is 0 Å². The number of unbranched alkanes of at least 4 members (excludes halogenated alkanes) is 4. The Morgan fingerprint density at radius 3 is 2.23 bits per heavy atom. The van der Waals surface area contributed by atoms with Crippen molar-refractivity contribution < 1.29 is 4.79 Å². The van der Waals surface area contributed by atoms with Crippen molar-refractivity contribution in [2.45, 2.75) is 77.0 Å². The fraction of sp³-hybridized carbons (Fsp3) is 0.650. The molecule has 1 saturated carbocycles. The summed E-state index contributed by atoms with van der Waals surface area (Å²) >= 11 is 0. The molecule has 1 aromatic rings. The zero-order chi connectivity index (χ0) is 15.8. The Balaban J connectivity index is 1.71. The number of benzene rings is 1. The van der Waals surface area contributed by atoms with Crippen LogP contribution in [0.3, 0.4) is 0 Å². The number of primary amides is 1. The van der Waals surface area contributed by atoms with Crippen LogP contribution in [-0.2, 0) is 0 Å². The number of hydrogen-bond acceptors (Lipinski definition) is 1. The molecule has 0 heterocycles. The van der Waals surface area contributed by atoms with E-state index in [1.807, 2.05) is 12.1 Å². The summed E-state index contributed by atoms with van der Waals surface area (Å²) in [5.41, 5.74) is 7.29.